The molecule has 2 atom stereocenters. The Morgan fingerprint density at radius 1 is 1.15 bits per heavy atom. The highest BCUT2D eigenvalue weighted by molar-refractivity contribution is 7.07. The van der Waals surface area contributed by atoms with Crippen molar-refractivity contribution >= 4 is 23.2 Å². The second kappa shape index (κ2) is 6.73. The zero-order valence-electron chi connectivity index (χ0n) is 14.7. The lowest BCUT2D eigenvalue weighted by Gasteiger charge is -2.35. The molecule has 9 heteroatoms. The largest absolute Gasteiger partial charge is 0.337 e. The maximum Gasteiger partial charge on any atom is 0.250 e. The minimum atomic E-state index is -0.0247. The SMILES string of the molecule is O=C1[C@H]2CC[C@H](CN(c3nnnn3-c3ccccc3)C2)N1Cc1cscn1. The summed E-state index contributed by atoms with van der Waals surface area (Å²) in [6.07, 6.45) is 1.92. The molecule has 5 heterocycles. The number of fused-ring (bicyclic) bond motifs is 4. The fourth-order valence-corrected chi connectivity index (χ4v) is 4.57. The molecule has 0 saturated carbocycles. The van der Waals surface area contributed by atoms with E-state index in [-0.39, 0.29) is 17.9 Å². The quantitative estimate of drug-likeness (QED) is 0.685. The average Bonchev–Trinajstić information content (AvgIpc) is 3.32. The van der Waals surface area contributed by atoms with Crippen LogP contribution < -0.4 is 4.90 Å². The number of hydrogen-bond donors (Lipinski definition) is 0. The zero-order valence-corrected chi connectivity index (χ0v) is 15.5. The molecule has 0 aliphatic carbocycles. The number of rotatable bonds is 4. The van der Waals surface area contributed by atoms with Gasteiger partial charge in [-0.15, -0.1) is 11.3 Å². The standard InChI is InChI=1S/C18H19N7OS/c26-17-13-6-7-16(24(17)9-14-11-27-12-19-14)10-23(8-13)18-20-21-22-25(18)15-4-2-1-3-5-15/h1-5,11-13,16H,6-10H2/t13-,16+/m0/s1. The number of anilines is 1. The van der Waals surface area contributed by atoms with Crippen LogP contribution >= 0.6 is 11.3 Å². The van der Waals surface area contributed by atoms with E-state index in [2.05, 4.69) is 25.4 Å². The van der Waals surface area contributed by atoms with Crippen LogP contribution in [0.25, 0.3) is 5.69 Å². The highest BCUT2D eigenvalue weighted by atomic mass is 32.1. The summed E-state index contributed by atoms with van der Waals surface area (Å²) >= 11 is 1.56. The molecule has 3 aliphatic heterocycles. The molecule has 6 rings (SSSR count). The van der Waals surface area contributed by atoms with Gasteiger partial charge in [-0.3, -0.25) is 4.79 Å². The van der Waals surface area contributed by atoms with Gasteiger partial charge in [-0.05, 0) is 35.4 Å². The minimum absolute atomic E-state index is 0.0247. The molecular formula is C18H19N7OS. The summed E-state index contributed by atoms with van der Waals surface area (Å²) in [4.78, 5) is 21.5. The highest BCUT2D eigenvalue weighted by Gasteiger charge is 2.42. The summed E-state index contributed by atoms with van der Waals surface area (Å²) in [5.41, 5.74) is 3.69. The van der Waals surface area contributed by atoms with Crippen molar-refractivity contribution in [2.45, 2.75) is 25.4 Å². The van der Waals surface area contributed by atoms with Crippen molar-refractivity contribution in [2.24, 2.45) is 5.92 Å². The van der Waals surface area contributed by atoms with E-state index in [0.29, 0.717) is 19.0 Å². The number of thiazole rings is 1. The summed E-state index contributed by atoms with van der Waals surface area (Å²) in [6, 6.07) is 10.0. The molecule has 3 fully saturated rings. The molecule has 2 aromatic heterocycles. The Morgan fingerprint density at radius 3 is 2.85 bits per heavy atom. The minimum Gasteiger partial charge on any atom is -0.337 e. The molecule has 1 amide bonds. The summed E-state index contributed by atoms with van der Waals surface area (Å²) in [7, 11) is 0. The first-order valence-corrected chi connectivity index (χ1v) is 10.00. The third-order valence-electron chi connectivity index (χ3n) is 5.35. The molecular weight excluding hydrogens is 362 g/mol. The van der Waals surface area contributed by atoms with E-state index in [1.165, 1.54) is 0 Å². The van der Waals surface area contributed by atoms with Crippen molar-refractivity contribution in [1.29, 1.82) is 0 Å². The Bertz CT molecular complexity index is 926. The van der Waals surface area contributed by atoms with Crippen LogP contribution in [0.5, 0.6) is 0 Å². The normalized spacial score (nSPS) is 22.3. The number of tetrazole rings is 1. The van der Waals surface area contributed by atoms with E-state index >= 15 is 0 Å². The number of hydrogen-bond acceptors (Lipinski definition) is 7. The molecule has 0 radical (unpaired) electrons. The Balaban J connectivity index is 1.44. The van der Waals surface area contributed by atoms with Gasteiger partial charge < -0.3 is 9.80 Å². The number of carbonyl (C=O) groups excluding carboxylic acids is 1. The number of carbonyl (C=O) groups is 1. The third kappa shape index (κ3) is 2.97. The molecule has 0 unspecified atom stereocenters. The number of piperidine rings is 1. The van der Waals surface area contributed by atoms with Gasteiger partial charge in [0.2, 0.25) is 11.9 Å². The lowest BCUT2D eigenvalue weighted by Crippen LogP contribution is -2.47. The molecule has 3 aliphatic rings. The molecule has 1 aromatic carbocycles. The van der Waals surface area contributed by atoms with E-state index in [1.54, 1.807) is 16.0 Å². The molecule has 8 nitrogen and oxygen atoms in total. The van der Waals surface area contributed by atoms with Crippen LogP contribution in [-0.2, 0) is 11.3 Å². The molecule has 3 aromatic rings. The fraction of sp³-hybridized carbons (Fsp3) is 0.389. The van der Waals surface area contributed by atoms with Crippen LogP contribution in [0.15, 0.2) is 41.2 Å². The van der Waals surface area contributed by atoms with Gasteiger partial charge in [0.1, 0.15) is 0 Å². The molecule has 3 saturated heterocycles. The molecule has 138 valence electrons. The van der Waals surface area contributed by atoms with Gasteiger partial charge in [0.05, 0.1) is 29.4 Å². The fourth-order valence-electron chi connectivity index (χ4n) is 4.02. The zero-order chi connectivity index (χ0) is 18.2. The Kier molecular flexibility index (Phi) is 4.08. The molecule has 0 N–H and O–H groups in total. The number of aromatic nitrogens is 5. The van der Waals surface area contributed by atoms with Crippen molar-refractivity contribution in [3.05, 3.63) is 46.9 Å². The maximum atomic E-state index is 13.0. The van der Waals surface area contributed by atoms with Crippen molar-refractivity contribution in [3.63, 3.8) is 0 Å². The number of benzene rings is 1. The number of amides is 1. The van der Waals surface area contributed by atoms with E-state index in [9.17, 15) is 4.79 Å². The van der Waals surface area contributed by atoms with E-state index < -0.39 is 0 Å². The van der Waals surface area contributed by atoms with Gasteiger partial charge in [0, 0.05) is 24.5 Å². The third-order valence-corrected chi connectivity index (χ3v) is 5.98. The first kappa shape index (κ1) is 16.4. The Labute approximate surface area is 160 Å². The Morgan fingerprint density at radius 2 is 2.04 bits per heavy atom. The first-order chi connectivity index (χ1) is 13.3. The topological polar surface area (TPSA) is 80.0 Å². The lowest BCUT2D eigenvalue weighted by atomic mass is 9.94. The molecule has 27 heavy (non-hydrogen) atoms. The van der Waals surface area contributed by atoms with Crippen LogP contribution in [0.3, 0.4) is 0 Å². The van der Waals surface area contributed by atoms with Crippen LogP contribution in [0.1, 0.15) is 18.5 Å². The average molecular weight is 381 g/mol. The van der Waals surface area contributed by atoms with Crippen molar-refractivity contribution in [2.75, 3.05) is 18.0 Å². The van der Waals surface area contributed by atoms with E-state index in [4.69, 9.17) is 0 Å². The summed E-state index contributed by atoms with van der Waals surface area (Å²) in [5.74, 6) is 0.894. The second-order valence-electron chi connectivity index (χ2n) is 7.01. The second-order valence-corrected chi connectivity index (χ2v) is 7.72. The Hall–Kier alpha value is -2.81. The van der Waals surface area contributed by atoms with Gasteiger partial charge in [-0.1, -0.05) is 23.3 Å². The smallest absolute Gasteiger partial charge is 0.250 e. The molecule has 0 spiro atoms. The monoisotopic (exact) mass is 381 g/mol. The van der Waals surface area contributed by atoms with Crippen molar-refractivity contribution < 1.29 is 4.79 Å². The van der Waals surface area contributed by atoms with Gasteiger partial charge in [0.25, 0.3) is 0 Å². The van der Waals surface area contributed by atoms with Gasteiger partial charge >= 0.3 is 0 Å². The van der Waals surface area contributed by atoms with Gasteiger partial charge in [-0.25, -0.2) is 4.98 Å². The van der Waals surface area contributed by atoms with Crippen LogP contribution in [0.2, 0.25) is 0 Å². The summed E-state index contributed by atoms with van der Waals surface area (Å²) in [6.45, 7) is 1.97. The highest BCUT2D eigenvalue weighted by Crippen LogP contribution is 2.32. The lowest BCUT2D eigenvalue weighted by molar-refractivity contribution is -0.140. The number of nitrogens with zero attached hydrogens (tertiary/aromatic N) is 7. The number of para-hydroxylation sites is 1. The predicted octanol–water partition coefficient (Wildman–Crippen LogP) is 1.75. The van der Waals surface area contributed by atoms with Crippen LogP contribution in [-0.4, -0.2) is 55.1 Å². The van der Waals surface area contributed by atoms with Gasteiger partial charge in [0.15, 0.2) is 0 Å². The molecule has 2 bridgehead atoms. The summed E-state index contributed by atoms with van der Waals surface area (Å²) in [5, 5.41) is 14.3. The van der Waals surface area contributed by atoms with Crippen LogP contribution in [0.4, 0.5) is 5.95 Å². The van der Waals surface area contributed by atoms with Crippen molar-refractivity contribution in [1.82, 2.24) is 30.1 Å². The van der Waals surface area contributed by atoms with Gasteiger partial charge in [-0.2, -0.15) is 4.68 Å². The van der Waals surface area contributed by atoms with Crippen molar-refractivity contribution in [3.8, 4) is 5.69 Å². The first-order valence-electron chi connectivity index (χ1n) is 9.06. The summed E-state index contributed by atoms with van der Waals surface area (Å²) < 4.78 is 1.75. The van der Waals surface area contributed by atoms with Crippen LogP contribution in [0, 0.1) is 5.92 Å². The predicted molar refractivity (Wildman–Crippen MR) is 101 cm³/mol. The van der Waals surface area contributed by atoms with E-state index in [0.717, 1.165) is 30.8 Å². The maximum absolute atomic E-state index is 13.0. The van der Waals surface area contributed by atoms with E-state index in [1.807, 2.05) is 46.1 Å².